The third kappa shape index (κ3) is 6.39. The van der Waals surface area contributed by atoms with Crippen LogP contribution in [-0.4, -0.2) is 68.4 Å². The number of fused-ring (bicyclic) bond motifs is 4. The Hall–Kier alpha value is -3.13. The van der Waals surface area contributed by atoms with Crippen LogP contribution in [-0.2, 0) is 30.1 Å². The highest BCUT2D eigenvalue weighted by Crippen LogP contribution is 2.43. The SMILES string of the molecule is Cn1c(N2[C@H]3CC[C@@H]2[C@H](NC(=O)OC(C)(C)C)C3)nc2c(c(-c3ccc4nn(CF)c(Cl)c4c3Cl)cn2COCC[Si](C)(C)C)c1=O. The molecule has 5 heterocycles. The standard InChI is InChI=1S/C32H42Cl2FN7O4Si/c1-32(2,3)46-31(44)36-22-14-18-8-11-23(22)42(18)30-37-28-24(29(43)39(30)4)20(15-40(28)17-45-12-13-47(5,6)7)19-9-10-21-25(26(19)33)27(34)41(16-35)38-21/h9-10,15,18,22-23H,8,11-14,16-17H2,1-7H3,(H,36,44)/t18-,22+,23+/m0/s1. The molecule has 1 N–H and O–H groups in total. The van der Waals surface area contributed by atoms with Crippen molar-refractivity contribution < 1.29 is 18.7 Å². The van der Waals surface area contributed by atoms with Gasteiger partial charge in [-0.15, -0.1) is 0 Å². The van der Waals surface area contributed by atoms with Gasteiger partial charge in [0.2, 0.25) is 5.95 Å². The van der Waals surface area contributed by atoms with E-state index in [0.717, 1.165) is 30.0 Å². The van der Waals surface area contributed by atoms with E-state index < -0.39 is 26.6 Å². The van der Waals surface area contributed by atoms with Crippen LogP contribution in [0.25, 0.3) is 33.1 Å². The highest BCUT2D eigenvalue weighted by molar-refractivity contribution is 6.76. The van der Waals surface area contributed by atoms with Gasteiger partial charge in [-0.25, -0.2) is 13.9 Å². The summed E-state index contributed by atoms with van der Waals surface area (Å²) in [5.74, 6) is 0.533. The van der Waals surface area contributed by atoms with E-state index in [-0.39, 0.29) is 40.6 Å². The first-order valence-corrected chi connectivity index (χ1v) is 20.4. The predicted octanol–water partition coefficient (Wildman–Crippen LogP) is 6.93. The monoisotopic (exact) mass is 705 g/mol. The van der Waals surface area contributed by atoms with E-state index in [0.29, 0.717) is 45.6 Å². The van der Waals surface area contributed by atoms with E-state index in [1.807, 2.05) is 31.5 Å². The lowest BCUT2D eigenvalue weighted by Crippen LogP contribution is -2.46. The Labute approximate surface area is 283 Å². The molecule has 47 heavy (non-hydrogen) atoms. The number of rotatable bonds is 9. The van der Waals surface area contributed by atoms with Crippen LogP contribution in [0.3, 0.4) is 0 Å². The summed E-state index contributed by atoms with van der Waals surface area (Å²) >= 11 is 13.4. The Morgan fingerprint density at radius 2 is 1.89 bits per heavy atom. The van der Waals surface area contributed by atoms with Crippen molar-refractivity contribution in [3.8, 4) is 11.1 Å². The number of amides is 1. The van der Waals surface area contributed by atoms with E-state index in [1.165, 1.54) is 0 Å². The molecule has 15 heteroatoms. The van der Waals surface area contributed by atoms with Crippen molar-refractivity contribution in [1.29, 1.82) is 0 Å². The van der Waals surface area contributed by atoms with Crippen LogP contribution in [0.5, 0.6) is 0 Å². The normalized spacial score (nSPS) is 19.8. The molecule has 3 aromatic heterocycles. The van der Waals surface area contributed by atoms with E-state index in [1.54, 1.807) is 23.7 Å². The van der Waals surface area contributed by atoms with Crippen LogP contribution in [0.2, 0.25) is 35.9 Å². The number of alkyl carbamates (subject to hydrolysis) is 1. The summed E-state index contributed by atoms with van der Waals surface area (Å²) in [7, 11) is 0.385. The summed E-state index contributed by atoms with van der Waals surface area (Å²) in [6.07, 6.45) is 3.90. The van der Waals surface area contributed by atoms with Gasteiger partial charge in [0.05, 0.1) is 33.4 Å². The van der Waals surface area contributed by atoms with Crippen molar-refractivity contribution in [2.24, 2.45) is 7.05 Å². The molecular weight excluding hydrogens is 664 g/mol. The molecule has 0 aliphatic carbocycles. The molecule has 1 aromatic carbocycles. The van der Waals surface area contributed by atoms with Crippen LogP contribution in [0.1, 0.15) is 40.0 Å². The van der Waals surface area contributed by atoms with Crippen molar-refractivity contribution in [3.63, 3.8) is 0 Å². The number of benzene rings is 1. The summed E-state index contributed by atoms with van der Waals surface area (Å²) in [6.45, 7) is 12.3. The zero-order valence-electron chi connectivity index (χ0n) is 27.9. The van der Waals surface area contributed by atoms with E-state index in [2.05, 4.69) is 35.0 Å². The summed E-state index contributed by atoms with van der Waals surface area (Å²) in [5.41, 5.74) is 1.19. The molecule has 0 unspecified atom stereocenters. The number of carbonyl (C=O) groups excluding carboxylic acids is 1. The summed E-state index contributed by atoms with van der Waals surface area (Å²) in [4.78, 5) is 34.3. The van der Waals surface area contributed by atoms with Gasteiger partial charge in [-0.1, -0.05) is 48.9 Å². The van der Waals surface area contributed by atoms with Gasteiger partial charge in [0.25, 0.3) is 5.56 Å². The smallest absolute Gasteiger partial charge is 0.407 e. The Balaban J connectivity index is 1.43. The maximum atomic E-state index is 14.3. The maximum Gasteiger partial charge on any atom is 0.407 e. The van der Waals surface area contributed by atoms with Crippen molar-refractivity contribution in [2.45, 2.75) is 103 Å². The highest BCUT2D eigenvalue weighted by Gasteiger charge is 2.49. The number of nitrogens with zero attached hydrogens (tertiary/aromatic N) is 6. The summed E-state index contributed by atoms with van der Waals surface area (Å²) < 4.78 is 29.7. The first kappa shape index (κ1) is 33.8. The lowest BCUT2D eigenvalue weighted by molar-refractivity contribution is 0.0497. The number of ether oxygens (including phenoxy) is 2. The first-order valence-electron chi connectivity index (χ1n) is 15.9. The largest absolute Gasteiger partial charge is 0.444 e. The molecule has 254 valence electrons. The Kier molecular flexibility index (Phi) is 8.90. The van der Waals surface area contributed by atoms with Gasteiger partial charge in [-0.05, 0) is 52.1 Å². The zero-order chi connectivity index (χ0) is 34.0. The number of alkyl halides is 1. The minimum atomic E-state index is -1.33. The molecular formula is C32H42Cl2FN7O4Si. The van der Waals surface area contributed by atoms with Crippen molar-refractivity contribution in [2.75, 3.05) is 11.5 Å². The van der Waals surface area contributed by atoms with Gasteiger partial charge in [-0.3, -0.25) is 9.36 Å². The van der Waals surface area contributed by atoms with Gasteiger partial charge in [0.15, 0.2) is 12.4 Å². The number of aromatic nitrogens is 5. The van der Waals surface area contributed by atoms with Gasteiger partial charge in [0, 0.05) is 45.1 Å². The topological polar surface area (TPSA) is 108 Å². The first-order chi connectivity index (χ1) is 22.1. The van der Waals surface area contributed by atoms with Crippen molar-refractivity contribution >= 4 is 65.3 Å². The molecule has 6 rings (SSSR count). The molecule has 0 saturated carbocycles. The maximum absolute atomic E-state index is 14.3. The van der Waals surface area contributed by atoms with Crippen LogP contribution in [0.4, 0.5) is 15.1 Å². The van der Waals surface area contributed by atoms with E-state index >= 15 is 0 Å². The van der Waals surface area contributed by atoms with Crippen molar-refractivity contribution in [3.05, 3.63) is 38.9 Å². The van der Waals surface area contributed by atoms with Gasteiger partial charge >= 0.3 is 6.09 Å². The number of hydrogen-bond donors (Lipinski definition) is 1. The van der Waals surface area contributed by atoms with Gasteiger partial charge in [0.1, 0.15) is 17.5 Å². The van der Waals surface area contributed by atoms with Crippen LogP contribution < -0.4 is 15.8 Å². The Morgan fingerprint density at radius 1 is 1.15 bits per heavy atom. The lowest BCUT2D eigenvalue weighted by Gasteiger charge is -2.28. The molecule has 2 aliphatic heterocycles. The molecule has 2 bridgehead atoms. The third-order valence-electron chi connectivity index (χ3n) is 8.96. The molecule has 0 spiro atoms. The highest BCUT2D eigenvalue weighted by atomic mass is 35.5. The van der Waals surface area contributed by atoms with Crippen molar-refractivity contribution in [1.82, 2.24) is 29.2 Å². The summed E-state index contributed by atoms with van der Waals surface area (Å²) in [6, 6.07) is 4.41. The molecule has 2 fully saturated rings. The van der Waals surface area contributed by atoms with Crippen LogP contribution >= 0.6 is 23.2 Å². The van der Waals surface area contributed by atoms with Crippen LogP contribution in [0, 0.1) is 0 Å². The van der Waals surface area contributed by atoms with Crippen LogP contribution in [0.15, 0.2) is 23.1 Å². The number of hydrogen-bond acceptors (Lipinski definition) is 7. The number of halogens is 3. The second-order valence-corrected chi connectivity index (χ2v) is 21.1. The molecule has 2 saturated heterocycles. The summed E-state index contributed by atoms with van der Waals surface area (Å²) in [5, 5.41) is 8.40. The average Bonchev–Trinajstić information content (AvgIpc) is 3.72. The minimum Gasteiger partial charge on any atom is -0.444 e. The zero-order valence-corrected chi connectivity index (χ0v) is 30.4. The van der Waals surface area contributed by atoms with E-state index in [4.69, 9.17) is 37.7 Å². The third-order valence-corrected chi connectivity index (χ3v) is 11.4. The molecule has 4 aromatic rings. The molecule has 0 radical (unpaired) electrons. The lowest BCUT2D eigenvalue weighted by atomic mass is 9.96. The number of anilines is 1. The molecule has 3 atom stereocenters. The molecule has 2 aliphatic rings. The van der Waals surface area contributed by atoms with E-state index in [9.17, 15) is 14.0 Å². The van der Waals surface area contributed by atoms with Gasteiger partial charge < -0.3 is 24.3 Å². The average molecular weight is 707 g/mol. The fourth-order valence-corrected chi connectivity index (χ4v) is 8.16. The second-order valence-electron chi connectivity index (χ2n) is 14.8. The Bertz CT molecular complexity index is 1910. The van der Waals surface area contributed by atoms with Gasteiger partial charge in [-0.2, -0.15) is 10.1 Å². The fourth-order valence-electron chi connectivity index (χ4n) is 6.73. The molecule has 1 amide bonds. The molecule has 11 nitrogen and oxygen atoms in total. The fraction of sp³-hybridized carbons (Fsp3) is 0.562. The Morgan fingerprint density at radius 3 is 2.57 bits per heavy atom. The predicted molar refractivity (Wildman–Crippen MR) is 186 cm³/mol. The minimum absolute atomic E-state index is 0.0371. The quantitative estimate of drug-likeness (QED) is 0.149. The number of carbonyl (C=O) groups is 1. The second kappa shape index (κ2) is 12.4. The number of nitrogens with one attached hydrogen (secondary N) is 1.